The first kappa shape index (κ1) is 82.3. The van der Waals surface area contributed by atoms with E-state index >= 15 is 0 Å². The van der Waals surface area contributed by atoms with Crippen molar-refractivity contribution in [3.05, 3.63) is 39.4 Å². The summed E-state index contributed by atoms with van der Waals surface area (Å²) < 4.78 is 0. The van der Waals surface area contributed by atoms with Crippen molar-refractivity contribution in [3.8, 4) is 0 Å². The number of nitrogens with zero attached hydrogens (tertiary/aromatic N) is 6. The fraction of sp³-hybridized carbons (Fsp3) is 0. The summed E-state index contributed by atoms with van der Waals surface area (Å²) in [6.07, 6.45) is 0. The van der Waals surface area contributed by atoms with Crippen LogP contribution < -0.4 is 29.6 Å². The van der Waals surface area contributed by atoms with Crippen LogP contribution in [0.2, 0.25) is 0 Å². The van der Waals surface area contributed by atoms with Crippen molar-refractivity contribution in [2.24, 2.45) is 0 Å². The van der Waals surface area contributed by atoms with E-state index in [1.54, 1.807) is 0 Å². The Morgan fingerprint density at radius 3 is 0.429 bits per heavy atom. The summed E-state index contributed by atoms with van der Waals surface area (Å²) in [4.78, 5) is 0. The van der Waals surface area contributed by atoms with E-state index in [-0.39, 0.29) is 48.1 Å². The van der Waals surface area contributed by atoms with E-state index in [0.717, 1.165) is 0 Å². The zero-order valence-corrected chi connectivity index (χ0v) is 10.1. The van der Waals surface area contributed by atoms with E-state index in [4.69, 9.17) is 71.0 Å². The van der Waals surface area contributed by atoms with Gasteiger partial charge in [0.25, 0.3) is 0 Å². The van der Waals surface area contributed by atoms with Gasteiger partial charge in [0.2, 0.25) is 0 Å². The van der Waals surface area contributed by atoms with Crippen LogP contribution >= 0.6 is 0 Å². The molecule has 8 heteroatoms. The maximum Gasteiger partial charge on any atom is 6.00 e. The minimum Gasteiger partial charge on any atom is -1.00 e. The standard InChI is InChI=1S/6CN.Fe.Na.H/c6*1-2;;;/q6*-1;+6;+1;-1. The van der Waals surface area contributed by atoms with Gasteiger partial charge in [0, 0.05) is 0 Å². The Balaban J connectivity index is -0.00000000396. The zero-order valence-electron chi connectivity index (χ0n) is 8.04. The molecule has 0 aromatic carbocycles. The van der Waals surface area contributed by atoms with Gasteiger partial charge in [0.05, 0.1) is 0 Å². The van der Waals surface area contributed by atoms with E-state index in [1.165, 1.54) is 0 Å². The second kappa shape index (κ2) is 528. The quantitative estimate of drug-likeness (QED) is 0.341. The topological polar surface area (TPSA) is 143 Å². The molecule has 0 bridgehead atoms. The Morgan fingerprint density at radius 2 is 0.429 bits per heavy atom. The first-order chi connectivity index (χ1) is 6.00. The van der Waals surface area contributed by atoms with E-state index in [1.807, 2.05) is 0 Å². The Bertz CT molecular complexity index is 103. The molecule has 0 aromatic heterocycles. The Labute approximate surface area is 118 Å². The molecule has 64 valence electrons. The SMILES string of the molecule is [C-]#N.[C-]#N.[C-]#N.[C-]#N.[C-]#N.[C-]#N.[Fe+6].[H-].[Na+]. The smallest absolute Gasteiger partial charge is 1.00 e. The van der Waals surface area contributed by atoms with Crippen molar-refractivity contribution in [1.82, 2.24) is 0 Å². The Hall–Kier alpha value is -1.54. The summed E-state index contributed by atoms with van der Waals surface area (Å²) in [5.41, 5.74) is 0. The molecule has 0 aliphatic heterocycles. The second-order valence-corrected chi connectivity index (χ2v) is 0. The van der Waals surface area contributed by atoms with Crippen LogP contribution in [0.25, 0.3) is 0 Å². The van der Waals surface area contributed by atoms with Crippen molar-refractivity contribution in [3.63, 3.8) is 0 Å². The summed E-state index contributed by atoms with van der Waals surface area (Å²) in [5.74, 6) is 0. The molecule has 14 heavy (non-hydrogen) atoms. The predicted octanol–water partition coefficient (Wildman–Crippen LogP) is -2.31. The molecule has 0 spiro atoms. The number of hydrogen-bond donors (Lipinski definition) is 0. The van der Waals surface area contributed by atoms with Gasteiger partial charge in [-0.05, 0) is 0 Å². The monoisotopic (exact) mass is 236 g/mol. The van der Waals surface area contributed by atoms with E-state index in [9.17, 15) is 0 Å². The van der Waals surface area contributed by atoms with Gasteiger partial charge >= 0.3 is 46.6 Å². The fourth-order valence-electron chi connectivity index (χ4n) is 0. The second-order valence-electron chi connectivity index (χ2n) is 0. The van der Waals surface area contributed by atoms with Crippen LogP contribution in [-0.4, -0.2) is 0 Å². The average molecular weight is 236 g/mol. The number of hydrogen-bond acceptors (Lipinski definition) is 6. The molecule has 0 rings (SSSR count). The minimum absolute atomic E-state index is 0. The molecular formula is C6HFeN6Na. The van der Waals surface area contributed by atoms with Gasteiger partial charge in [-0.25, -0.2) is 0 Å². The molecule has 0 saturated heterocycles. The molecule has 0 saturated carbocycles. The van der Waals surface area contributed by atoms with Gasteiger partial charge in [-0.1, -0.05) is 0 Å². The normalized spacial score (nSPS) is 0.857. The fourth-order valence-corrected chi connectivity index (χ4v) is 0. The van der Waals surface area contributed by atoms with Crippen molar-refractivity contribution in [1.29, 1.82) is 31.6 Å². The third-order valence-corrected chi connectivity index (χ3v) is 0. The molecule has 0 amide bonds. The van der Waals surface area contributed by atoms with Crippen LogP contribution in [0.15, 0.2) is 0 Å². The summed E-state index contributed by atoms with van der Waals surface area (Å²) >= 11 is 0. The molecule has 6 nitrogen and oxygen atoms in total. The molecule has 0 N–H and O–H groups in total. The van der Waals surface area contributed by atoms with Gasteiger partial charge in [-0.15, -0.1) is 0 Å². The van der Waals surface area contributed by atoms with Crippen molar-refractivity contribution < 1.29 is 48.1 Å². The zero-order chi connectivity index (χ0) is 12.0. The van der Waals surface area contributed by atoms with Crippen molar-refractivity contribution in [2.75, 3.05) is 0 Å². The summed E-state index contributed by atoms with van der Waals surface area (Å²) in [6, 6.07) is 0. The minimum atomic E-state index is 0. The van der Waals surface area contributed by atoms with Gasteiger partial charge in [-0.2, -0.15) is 0 Å². The Kier molecular flexibility index (Phi) is 3100. The van der Waals surface area contributed by atoms with Gasteiger partial charge < -0.3 is 72.4 Å². The van der Waals surface area contributed by atoms with Crippen LogP contribution in [0, 0.1) is 71.0 Å². The van der Waals surface area contributed by atoms with E-state index < -0.39 is 0 Å². The summed E-state index contributed by atoms with van der Waals surface area (Å²) in [7, 11) is 0. The molecule has 0 aliphatic rings. The largest absolute Gasteiger partial charge is 6.00 e. The van der Waals surface area contributed by atoms with Crippen molar-refractivity contribution in [2.45, 2.75) is 0 Å². The molecule has 0 radical (unpaired) electrons. The van der Waals surface area contributed by atoms with E-state index in [0.29, 0.717) is 0 Å². The van der Waals surface area contributed by atoms with Gasteiger partial charge in [-0.3, -0.25) is 0 Å². The van der Waals surface area contributed by atoms with Gasteiger partial charge in [0.15, 0.2) is 0 Å². The molecular weight excluding hydrogens is 235 g/mol. The van der Waals surface area contributed by atoms with Gasteiger partial charge in [0.1, 0.15) is 0 Å². The molecule has 0 atom stereocenters. The first-order valence-electron chi connectivity index (χ1n) is 1.34. The van der Waals surface area contributed by atoms with Crippen LogP contribution in [0.3, 0.4) is 0 Å². The summed E-state index contributed by atoms with van der Waals surface area (Å²) in [6.45, 7) is 28.5. The molecule has 0 aromatic rings. The van der Waals surface area contributed by atoms with Crippen LogP contribution in [-0.2, 0) is 17.1 Å². The first-order valence-corrected chi connectivity index (χ1v) is 1.34. The number of rotatable bonds is 0. The van der Waals surface area contributed by atoms with Crippen LogP contribution in [0.1, 0.15) is 1.43 Å². The third-order valence-electron chi connectivity index (χ3n) is 0. The molecule has 0 unspecified atom stereocenters. The third kappa shape index (κ3) is 394. The van der Waals surface area contributed by atoms with Crippen molar-refractivity contribution >= 4 is 0 Å². The molecule has 0 heterocycles. The summed E-state index contributed by atoms with van der Waals surface area (Å²) in [5, 5.41) is 37.5. The van der Waals surface area contributed by atoms with Crippen LogP contribution in [0.4, 0.5) is 0 Å². The van der Waals surface area contributed by atoms with E-state index in [2.05, 4.69) is 0 Å². The molecule has 0 aliphatic carbocycles. The predicted molar refractivity (Wildman–Crippen MR) is 30.9 cm³/mol. The average Bonchev–Trinajstić information content (AvgIpc) is 2.33. The molecule has 0 fully saturated rings. The Morgan fingerprint density at radius 1 is 0.429 bits per heavy atom. The van der Waals surface area contributed by atoms with Crippen LogP contribution in [0.5, 0.6) is 0 Å². The maximum absolute atomic E-state index is 6.25. The maximum atomic E-state index is 6.25.